The highest BCUT2D eigenvalue weighted by Gasteiger charge is 2.27. The summed E-state index contributed by atoms with van der Waals surface area (Å²) in [5, 5.41) is 17.0. The standard InChI is InChI=1S/C12H11NO3.C10H11NO3.C2H4O2/c1-6-13-11-7-3-4-9(14)8(7)5-10(15-2)12(11)16-6;1-14-8-4-6-5(2-3-7(6)12)9(11)10(8)13;1-2(3)4/h5H,3-4H2,1-2H3;4,13H,2-3,11H2,1H3;1H3,(H,3,4). The third-order valence-electron chi connectivity index (χ3n) is 5.50. The van der Waals surface area contributed by atoms with Gasteiger partial charge in [0.1, 0.15) is 5.52 Å². The number of Topliss-reactive ketones (excluding diaryl/α,β-unsaturated/α-hetero) is 2. The van der Waals surface area contributed by atoms with Gasteiger partial charge >= 0.3 is 0 Å². The molecule has 1 heterocycles. The normalized spacial score (nSPS) is 13.4. The first-order valence-electron chi connectivity index (χ1n) is 10.5. The molecule has 0 unspecified atom stereocenters. The van der Waals surface area contributed by atoms with Crippen molar-refractivity contribution < 1.29 is 38.5 Å². The van der Waals surface area contributed by atoms with Gasteiger partial charge in [0, 0.05) is 37.8 Å². The van der Waals surface area contributed by atoms with Crippen LogP contribution in [0.2, 0.25) is 0 Å². The molecule has 180 valence electrons. The number of aromatic hydroxyl groups is 1. The van der Waals surface area contributed by atoms with Gasteiger partial charge in [0.15, 0.2) is 40.3 Å². The second-order valence-corrected chi connectivity index (χ2v) is 7.75. The fourth-order valence-corrected chi connectivity index (χ4v) is 3.99. The molecule has 0 aliphatic heterocycles. The summed E-state index contributed by atoms with van der Waals surface area (Å²) in [4.78, 5) is 36.4. The minimum Gasteiger partial charge on any atom is -0.503 e. The summed E-state index contributed by atoms with van der Waals surface area (Å²) >= 11 is 0. The number of aliphatic carboxylic acids is 1. The number of nitrogens with two attached hydrogens (primary N) is 1. The minimum atomic E-state index is -0.833. The maximum atomic E-state index is 11.7. The summed E-state index contributed by atoms with van der Waals surface area (Å²) in [5.74, 6) is 0.768. The van der Waals surface area contributed by atoms with Gasteiger partial charge in [-0.25, -0.2) is 4.98 Å². The lowest BCUT2D eigenvalue weighted by molar-refractivity contribution is -0.134. The molecule has 34 heavy (non-hydrogen) atoms. The molecule has 0 fully saturated rings. The lowest BCUT2D eigenvalue weighted by atomic mass is 10.1. The molecular weight excluding hydrogens is 444 g/mol. The molecule has 0 amide bonds. The van der Waals surface area contributed by atoms with Crippen molar-refractivity contribution in [3.63, 3.8) is 0 Å². The van der Waals surface area contributed by atoms with Gasteiger partial charge in [-0.1, -0.05) is 0 Å². The molecule has 0 saturated carbocycles. The van der Waals surface area contributed by atoms with Crippen LogP contribution in [0.25, 0.3) is 11.1 Å². The molecule has 5 rings (SSSR count). The van der Waals surface area contributed by atoms with E-state index in [1.54, 1.807) is 26.2 Å². The predicted molar refractivity (Wildman–Crippen MR) is 123 cm³/mol. The number of anilines is 1. The number of aromatic nitrogens is 1. The number of oxazole rings is 1. The Balaban J connectivity index is 0.000000166. The number of carbonyl (C=O) groups excluding carboxylic acids is 2. The first-order chi connectivity index (χ1) is 16.1. The second-order valence-electron chi connectivity index (χ2n) is 7.75. The molecule has 3 aromatic rings. The number of hydrogen-bond acceptors (Lipinski definition) is 9. The summed E-state index contributed by atoms with van der Waals surface area (Å²) in [6.45, 7) is 2.88. The quantitative estimate of drug-likeness (QED) is 0.373. The van der Waals surface area contributed by atoms with Gasteiger partial charge in [0.25, 0.3) is 5.97 Å². The van der Waals surface area contributed by atoms with Crippen molar-refractivity contribution in [1.82, 2.24) is 4.98 Å². The fraction of sp³-hybridized carbons (Fsp3) is 0.333. The molecule has 1 aromatic heterocycles. The average molecular weight is 470 g/mol. The first-order valence-corrected chi connectivity index (χ1v) is 10.5. The Labute approximate surface area is 195 Å². The van der Waals surface area contributed by atoms with Crippen molar-refractivity contribution in [3.05, 3.63) is 40.3 Å². The molecule has 2 aliphatic carbocycles. The van der Waals surface area contributed by atoms with E-state index in [0.29, 0.717) is 42.0 Å². The van der Waals surface area contributed by atoms with Crippen LogP contribution in [-0.4, -0.2) is 47.0 Å². The van der Waals surface area contributed by atoms with Gasteiger partial charge < -0.3 is 29.8 Å². The number of aryl methyl sites for hydroxylation is 2. The molecule has 2 aromatic carbocycles. The topological polar surface area (TPSA) is 162 Å². The summed E-state index contributed by atoms with van der Waals surface area (Å²) in [5.41, 5.74) is 10.4. The van der Waals surface area contributed by atoms with E-state index in [9.17, 15) is 14.7 Å². The van der Waals surface area contributed by atoms with Crippen molar-refractivity contribution in [2.45, 2.75) is 39.5 Å². The van der Waals surface area contributed by atoms with Gasteiger partial charge in [-0.3, -0.25) is 14.4 Å². The lowest BCUT2D eigenvalue weighted by Gasteiger charge is -2.09. The summed E-state index contributed by atoms with van der Waals surface area (Å²) in [6.07, 6.45) is 2.38. The van der Waals surface area contributed by atoms with Crippen molar-refractivity contribution in [2.24, 2.45) is 0 Å². The predicted octanol–water partition coefficient (Wildman–Crippen LogP) is 3.48. The molecular formula is C24H26N2O8. The van der Waals surface area contributed by atoms with Gasteiger partial charge in [-0.2, -0.15) is 0 Å². The number of carboxylic acid groups (broad SMARTS) is 1. The van der Waals surface area contributed by atoms with Crippen LogP contribution in [-0.2, 0) is 17.6 Å². The number of phenolic OH excluding ortho intramolecular Hbond substituents is 1. The number of carbonyl (C=O) groups is 3. The van der Waals surface area contributed by atoms with Crippen LogP contribution in [0.5, 0.6) is 17.2 Å². The van der Waals surface area contributed by atoms with Crippen molar-refractivity contribution in [2.75, 3.05) is 20.0 Å². The highest BCUT2D eigenvalue weighted by Crippen LogP contribution is 2.40. The Morgan fingerprint density at radius 3 is 2.06 bits per heavy atom. The van der Waals surface area contributed by atoms with Crippen molar-refractivity contribution in [1.29, 1.82) is 0 Å². The molecule has 0 spiro atoms. The van der Waals surface area contributed by atoms with Crippen LogP contribution in [0.4, 0.5) is 5.69 Å². The summed E-state index contributed by atoms with van der Waals surface area (Å²) in [7, 11) is 3.00. The number of ketones is 2. The highest BCUT2D eigenvalue weighted by molar-refractivity contribution is 6.06. The van der Waals surface area contributed by atoms with Crippen LogP contribution < -0.4 is 15.2 Å². The summed E-state index contributed by atoms with van der Waals surface area (Å²) < 4.78 is 15.6. The van der Waals surface area contributed by atoms with Crippen LogP contribution in [0.15, 0.2) is 16.5 Å². The van der Waals surface area contributed by atoms with Crippen LogP contribution in [0.1, 0.15) is 57.5 Å². The van der Waals surface area contributed by atoms with Gasteiger partial charge in [0.05, 0.1) is 19.9 Å². The number of benzene rings is 2. The average Bonchev–Trinajstić information content (AvgIpc) is 3.47. The van der Waals surface area contributed by atoms with E-state index in [-0.39, 0.29) is 28.8 Å². The third kappa shape index (κ3) is 4.66. The van der Waals surface area contributed by atoms with Gasteiger partial charge in [-0.05, 0) is 36.1 Å². The van der Waals surface area contributed by atoms with E-state index >= 15 is 0 Å². The number of nitrogens with zero attached hydrogens (tertiary/aromatic N) is 1. The molecule has 0 radical (unpaired) electrons. The number of carboxylic acids is 1. The Bertz CT molecular complexity index is 1290. The lowest BCUT2D eigenvalue weighted by Crippen LogP contribution is -1.98. The number of phenols is 1. The molecule has 0 bridgehead atoms. The van der Waals surface area contributed by atoms with E-state index in [4.69, 9.17) is 29.5 Å². The largest absolute Gasteiger partial charge is 0.503 e. The van der Waals surface area contributed by atoms with Crippen LogP contribution in [0, 0.1) is 6.92 Å². The number of rotatable bonds is 2. The van der Waals surface area contributed by atoms with Crippen molar-refractivity contribution in [3.8, 4) is 17.2 Å². The molecule has 10 nitrogen and oxygen atoms in total. The second kappa shape index (κ2) is 9.82. The number of nitrogen functional groups attached to an aromatic ring is 1. The SMILES string of the molecule is CC(=O)O.COc1cc2c(c(N)c1O)CCC2=O.COc1cc2c(c3nc(C)oc13)CCC2=O. The smallest absolute Gasteiger partial charge is 0.300 e. The van der Waals surface area contributed by atoms with Crippen molar-refractivity contribution >= 4 is 34.3 Å². The van der Waals surface area contributed by atoms with E-state index in [1.807, 2.05) is 0 Å². The maximum Gasteiger partial charge on any atom is 0.300 e. The van der Waals surface area contributed by atoms with Crippen LogP contribution in [0.3, 0.4) is 0 Å². The van der Waals surface area contributed by atoms with Gasteiger partial charge in [0.2, 0.25) is 0 Å². The number of methoxy groups -OCH3 is 2. The van der Waals surface area contributed by atoms with E-state index < -0.39 is 5.97 Å². The number of fused-ring (bicyclic) bond motifs is 4. The van der Waals surface area contributed by atoms with E-state index in [0.717, 1.165) is 35.6 Å². The molecule has 10 heteroatoms. The minimum absolute atomic E-state index is 0.0602. The van der Waals surface area contributed by atoms with Crippen LogP contribution >= 0.6 is 0 Å². The van der Waals surface area contributed by atoms with E-state index in [1.165, 1.54) is 7.11 Å². The third-order valence-corrected chi connectivity index (χ3v) is 5.50. The maximum absolute atomic E-state index is 11.7. The Morgan fingerprint density at radius 2 is 1.50 bits per heavy atom. The molecule has 0 saturated heterocycles. The Hall–Kier alpha value is -4.08. The zero-order valence-electron chi connectivity index (χ0n) is 19.4. The molecule has 4 N–H and O–H groups in total. The zero-order valence-corrected chi connectivity index (χ0v) is 19.4. The Kier molecular flexibility index (Phi) is 7.09. The zero-order chi connectivity index (χ0) is 25.2. The Morgan fingerprint density at radius 1 is 1.00 bits per heavy atom. The number of hydrogen-bond donors (Lipinski definition) is 3. The highest BCUT2D eigenvalue weighted by atomic mass is 16.5. The summed E-state index contributed by atoms with van der Waals surface area (Å²) in [6, 6.07) is 3.31. The van der Waals surface area contributed by atoms with E-state index in [2.05, 4.69) is 4.98 Å². The first kappa shape index (κ1) is 24.6. The number of ether oxygens (including phenoxy) is 2. The monoisotopic (exact) mass is 470 g/mol. The molecule has 0 atom stereocenters. The molecule has 2 aliphatic rings. The van der Waals surface area contributed by atoms with Gasteiger partial charge in [-0.15, -0.1) is 0 Å². The fourth-order valence-electron chi connectivity index (χ4n) is 3.99.